The number of benzene rings is 2. The van der Waals surface area contributed by atoms with Crippen molar-refractivity contribution in [3.8, 4) is 11.4 Å². The third-order valence-electron chi connectivity index (χ3n) is 4.08. The van der Waals surface area contributed by atoms with Gasteiger partial charge in [0.15, 0.2) is 5.82 Å². The van der Waals surface area contributed by atoms with E-state index in [1.807, 2.05) is 24.3 Å². The maximum absolute atomic E-state index is 10.9. The summed E-state index contributed by atoms with van der Waals surface area (Å²) in [7, 11) is 0. The van der Waals surface area contributed by atoms with Crippen LogP contribution in [0.4, 0.5) is 11.4 Å². The first-order valence-corrected chi connectivity index (χ1v) is 8.30. The summed E-state index contributed by atoms with van der Waals surface area (Å²) < 4.78 is 0.895. The molecule has 0 saturated carbocycles. The van der Waals surface area contributed by atoms with Crippen molar-refractivity contribution in [3.05, 3.63) is 52.6 Å². The largest absolute Gasteiger partial charge is 0.426 e. The van der Waals surface area contributed by atoms with Crippen LogP contribution in [0, 0.1) is 10.1 Å². The Kier molecular flexibility index (Phi) is 4.83. The number of hydrogen-bond donors (Lipinski definition) is 2. The van der Waals surface area contributed by atoms with Crippen LogP contribution in [0.1, 0.15) is 26.2 Å². The number of hydrogen-bond acceptors (Lipinski definition) is 5. The minimum absolute atomic E-state index is 0.0825. The van der Waals surface area contributed by atoms with E-state index in [0.717, 1.165) is 28.9 Å². The van der Waals surface area contributed by atoms with E-state index in [1.165, 1.54) is 31.0 Å². The molecule has 1 aromatic heterocycles. The molecule has 3 rings (SSSR count). The third-order valence-corrected chi connectivity index (χ3v) is 4.08. The average Bonchev–Trinajstić information content (AvgIpc) is 2.95. The SMILES string of the molecule is CCCCCNc1ccc(-c2nc3ccc([N+](=O)[O-])cc3n2O)cc1. The van der Waals surface area contributed by atoms with Gasteiger partial charge in [0, 0.05) is 29.9 Å². The molecule has 0 atom stereocenters. The van der Waals surface area contributed by atoms with Crippen molar-refractivity contribution in [1.82, 2.24) is 9.71 Å². The summed E-state index contributed by atoms with van der Waals surface area (Å²) in [6, 6.07) is 11.8. The van der Waals surface area contributed by atoms with Gasteiger partial charge in [-0.15, -0.1) is 0 Å². The van der Waals surface area contributed by atoms with Crippen LogP contribution >= 0.6 is 0 Å². The zero-order valence-electron chi connectivity index (χ0n) is 14.0. The summed E-state index contributed by atoms with van der Waals surface area (Å²) in [4.78, 5) is 14.8. The summed E-state index contributed by atoms with van der Waals surface area (Å²) in [5, 5.41) is 24.6. The molecule has 7 nitrogen and oxygen atoms in total. The van der Waals surface area contributed by atoms with Crippen LogP contribution in [-0.2, 0) is 0 Å². The Balaban J connectivity index is 1.84. The Morgan fingerprint density at radius 2 is 1.96 bits per heavy atom. The van der Waals surface area contributed by atoms with Crippen LogP contribution in [0.5, 0.6) is 0 Å². The number of rotatable bonds is 7. The molecule has 0 radical (unpaired) electrons. The van der Waals surface area contributed by atoms with Crippen molar-refractivity contribution in [2.24, 2.45) is 0 Å². The van der Waals surface area contributed by atoms with E-state index in [2.05, 4.69) is 17.2 Å². The van der Waals surface area contributed by atoms with Gasteiger partial charge in [0.05, 0.1) is 10.4 Å². The van der Waals surface area contributed by atoms with Gasteiger partial charge < -0.3 is 10.5 Å². The molecule has 25 heavy (non-hydrogen) atoms. The number of nitro benzene ring substituents is 1. The maximum atomic E-state index is 10.9. The second kappa shape index (κ2) is 7.21. The molecule has 2 N–H and O–H groups in total. The minimum Gasteiger partial charge on any atom is -0.426 e. The molecule has 0 amide bonds. The molecule has 130 valence electrons. The highest BCUT2D eigenvalue weighted by atomic mass is 16.6. The second-order valence-electron chi connectivity index (χ2n) is 5.89. The first-order valence-electron chi connectivity index (χ1n) is 8.30. The lowest BCUT2D eigenvalue weighted by Gasteiger charge is -2.07. The van der Waals surface area contributed by atoms with Gasteiger partial charge in [-0.3, -0.25) is 10.1 Å². The van der Waals surface area contributed by atoms with Gasteiger partial charge in [-0.05, 0) is 36.8 Å². The van der Waals surface area contributed by atoms with Gasteiger partial charge in [0.25, 0.3) is 5.69 Å². The number of aromatic nitrogens is 2. The molecule has 0 aliphatic rings. The van der Waals surface area contributed by atoms with Gasteiger partial charge in [-0.1, -0.05) is 19.8 Å². The van der Waals surface area contributed by atoms with E-state index in [-0.39, 0.29) is 5.69 Å². The predicted molar refractivity (Wildman–Crippen MR) is 97.0 cm³/mol. The van der Waals surface area contributed by atoms with Crippen molar-refractivity contribution in [3.63, 3.8) is 0 Å². The monoisotopic (exact) mass is 340 g/mol. The number of nitrogens with zero attached hydrogens (tertiary/aromatic N) is 3. The molecule has 3 aromatic rings. The lowest BCUT2D eigenvalue weighted by molar-refractivity contribution is -0.384. The molecule has 0 aliphatic carbocycles. The fourth-order valence-electron chi connectivity index (χ4n) is 2.70. The van der Waals surface area contributed by atoms with Crippen molar-refractivity contribution in [1.29, 1.82) is 0 Å². The van der Waals surface area contributed by atoms with Crippen LogP contribution in [0.2, 0.25) is 0 Å². The van der Waals surface area contributed by atoms with Gasteiger partial charge in [-0.2, -0.15) is 4.73 Å². The molecular weight excluding hydrogens is 320 g/mol. The third kappa shape index (κ3) is 3.55. The standard InChI is InChI=1S/C18H20N4O3/c1-2-3-4-11-19-14-7-5-13(6-8-14)18-20-16-10-9-15(22(24)25)12-17(16)21(18)23/h5-10,12,19,23H,2-4,11H2,1H3. The Bertz CT molecular complexity index is 887. The minimum atomic E-state index is -0.495. The molecular formula is C18H20N4O3. The topological polar surface area (TPSA) is 93.2 Å². The van der Waals surface area contributed by atoms with Crippen LogP contribution < -0.4 is 5.32 Å². The van der Waals surface area contributed by atoms with E-state index in [4.69, 9.17) is 0 Å². The highest BCUT2D eigenvalue weighted by Crippen LogP contribution is 2.27. The van der Waals surface area contributed by atoms with Gasteiger partial charge in [0.1, 0.15) is 5.52 Å². The molecule has 0 spiro atoms. The summed E-state index contributed by atoms with van der Waals surface area (Å²) in [6.07, 6.45) is 3.51. The lowest BCUT2D eigenvalue weighted by Crippen LogP contribution is -2.01. The van der Waals surface area contributed by atoms with Crippen molar-refractivity contribution in [2.45, 2.75) is 26.2 Å². The van der Waals surface area contributed by atoms with Crippen LogP contribution in [0.15, 0.2) is 42.5 Å². The second-order valence-corrected chi connectivity index (χ2v) is 5.89. The van der Waals surface area contributed by atoms with Crippen LogP contribution in [-0.4, -0.2) is 26.4 Å². The number of nitro groups is 1. The van der Waals surface area contributed by atoms with Gasteiger partial charge in [-0.25, -0.2) is 4.98 Å². The molecule has 0 bridgehead atoms. The van der Waals surface area contributed by atoms with Crippen LogP contribution in [0.3, 0.4) is 0 Å². The average molecular weight is 340 g/mol. The fraction of sp³-hybridized carbons (Fsp3) is 0.278. The number of unbranched alkanes of at least 4 members (excludes halogenated alkanes) is 2. The number of non-ortho nitro benzene ring substituents is 1. The zero-order valence-corrected chi connectivity index (χ0v) is 14.0. The smallest absolute Gasteiger partial charge is 0.271 e. The first kappa shape index (κ1) is 16.8. The Morgan fingerprint density at radius 3 is 2.64 bits per heavy atom. The van der Waals surface area contributed by atoms with E-state index >= 15 is 0 Å². The molecule has 2 aromatic carbocycles. The number of nitrogens with one attached hydrogen (secondary N) is 1. The molecule has 0 aliphatic heterocycles. The van der Waals surface area contributed by atoms with E-state index in [0.29, 0.717) is 16.9 Å². The van der Waals surface area contributed by atoms with E-state index < -0.39 is 4.92 Å². The lowest BCUT2D eigenvalue weighted by atomic mass is 10.2. The Hall–Kier alpha value is -3.09. The molecule has 0 unspecified atom stereocenters. The summed E-state index contributed by atoms with van der Waals surface area (Å²) >= 11 is 0. The van der Waals surface area contributed by atoms with Gasteiger partial charge >= 0.3 is 0 Å². The van der Waals surface area contributed by atoms with E-state index in [9.17, 15) is 15.3 Å². The molecule has 1 heterocycles. The molecule has 0 saturated heterocycles. The molecule has 7 heteroatoms. The van der Waals surface area contributed by atoms with Crippen LogP contribution in [0.25, 0.3) is 22.4 Å². The predicted octanol–water partition coefficient (Wildman–Crippen LogP) is 4.45. The Morgan fingerprint density at radius 1 is 1.20 bits per heavy atom. The van der Waals surface area contributed by atoms with E-state index in [1.54, 1.807) is 0 Å². The summed E-state index contributed by atoms with van der Waals surface area (Å²) in [6.45, 7) is 3.10. The highest BCUT2D eigenvalue weighted by Gasteiger charge is 2.15. The quantitative estimate of drug-likeness (QED) is 0.287. The first-order chi connectivity index (χ1) is 12.1. The highest BCUT2D eigenvalue weighted by molar-refractivity contribution is 5.82. The van der Waals surface area contributed by atoms with Crippen molar-refractivity contribution >= 4 is 22.4 Å². The van der Waals surface area contributed by atoms with Gasteiger partial charge in [0.2, 0.25) is 0 Å². The summed E-state index contributed by atoms with van der Waals surface area (Å²) in [5.41, 5.74) is 2.48. The normalized spacial score (nSPS) is 10.9. The zero-order chi connectivity index (χ0) is 17.8. The van der Waals surface area contributed by atoms with Crippen molar-refractivity contribution in [2.75, 3.05) is 11.9 Å². The maximum Gasteiger partial charge on any atom is 0.271 e. The molecule has 0 fully saturated rings. The Labute approximate surface area is 145 Å². The number of anilines is 1. The summed E-state index contributed by atoms with van der Waals surface area (Å²) in [5.74, 6) is 0.355. The van der Waals surface area contributed by atoms with Crippen molar-refractivity contribution < 1.29 is 10.1 Å². The number of fused-ring (bicyclic) bond motifs is 1. The fourth-order valence-corrected chi connectivity index (χ4v) is 2.70. The number of imidazole rings is 1.